The number of esters is 1. The minimum absolute atomic E-state index is 0.153. The van der Waals surface area contributed by atoms with Crippen LogP contribution in [0.3, 0.4) is 0 Å². The van der Waals surface area contributed by atoms with Gasteiger partial charge in [-0.25, -0.2) is 9.59 Å². The molecule has 0 spiro atoms. The molecule has 0 aromatic rings. The van der Waals surface area contributed by atoms with E-state index in [1.165, 1.54) is 64.2 Å². The zero-order chi connectivity index (χ0) is 28.9. The summed E-state index contributed by atoms with van der Waals surface area (Å²) in [6.45, 7) is 6.54. The second kappa shape index (κ2) is 20.4. The summed E-state index contributed by atoms with van der Waals surface area (Å²) in [5, 5.41) is 20.9. The van der Waals surface area contributed by atoms with Crippen LogP contribution in [0.2, 0.25) is 0 Å². The average molecular weight is 565 g/mol. The van der Waals surface area contributed by atoms with Crippen LogP contribution in [-0.4, -0.2) is 58.9 Å². The van der Waals surface area contributed by atoms with Crippen molar-refractivity contribution in [3.8, 4) is 0 Å². The molecular formula is C28H52O9S. The number of carboxylic acids is 1. The van der Waals surface area contributed by atoms with Crippen molar-refractivity contribution in [2.75, 3.05) is 13.2 Å². The van der Waals surface area contributed by atoms with Gasteiger partial charge in [-0.1, -0.05) is 116 Å². The minimum Gasteiger partial charge on any atom is -0.479 e. The van der Waals surface area contributed by atoms with Gasteiger partial charge >= 0.3 is 27.0 Å². The topological polar surface area (TPSA) is 147 Å². The van der Waals surface area contributed by atoms with Gasteiger partial charge in [0.25, 0.3) is 0 Å². The van der Waals surface area contributed by atoms with Crippen LogP contribution in [0.1, 0.15) is 129 Å². The molecule has 224 valence electrons. The predicted molar refractivity (Wildman–Crippen MR) is 148 cm³/mol. The molecule has 38 heavy (non-hydrogen) atoms. The maximum absolute atomic E-state index is 12.6. The van der Waals surface area contributed by atoms with Gasteiger partial charge in [0.1, 0.15) is 0 Å². The third-order valence-corrected chi connectivity index (χ3v) is 8.05. The summed E-state index contributed by atoms with van der Waals surface area (Å²) in [6.07, 6.45) is 18.5. The Morgan fingerprint density at radius 1 is 0.789 bits per heavy atom. The van der Waals surface area contributed by atoms with Crippen molar-refractivity contribution in [1.82, 2.24) is 0 Å². The van der Waals surface area contributed by atoms with E-state index in [1.54, 1.807) is 6.92 Å². The molecular weight excluding hydrogens is 512 g/mol. The fourth-order valence-corrected chi connectivity index (χ4v) is 5.48. The van der Waals surface area contributed by atoms with Crippen molar-refractivity contribution >= 4 is 22.1 Å². The molecule has 0 aliphatic carbocycles. The van der Waals surface area contributed by atoms with Gasteiger partial charge in [-0.15, -0.1) is 6.58 Å². The molecule has 0 rings (SSSR count). The molecule has 0 radical (unpaired) electrons. The Morgan fingerprint density at radius 2 is 1.21 bits per heavy atom. The number of carbonyl (C=O) groups excluding carboxylic acids is 1. The lowest BCUT2D eigenvalue weighted by Gasteiger charge is -2.39. The number of unbranched alkanes of at least 4 members (excludes halogenated alkanes) is 15. The van der Waals surface area contributed by atoms with Crippen LogP contribution < -0.4 is 0 Å². The lowest BCUT2D eigenvalue weighted by Crippen LogP contribution is -2.69. The van der Waals surface area contributed by atoms with E-state index in [2.05, 4.69) is 13.5 Å². The maximum Gasteiger partial charge on any atom is 0.360 e. The Morgan fingerprint density at radius 3 is 1.55 bits per heavy atom. The molecule has 0 heterocycles. The molecule has 9 nitrogen and oxygen atoms in total. The number of carbonyl (C=O) groups is 2. The second-order valence-corrected chi connectivity index (χ2v) is 11.6. The average Bonchev–Trinajstić information content (AvgIpc) is 2.87. The lowest BCUT2D eigenvalue weighted by molar-refractivity contribution is -0.205. The van der Waals surface area contributed by atoms with E-state index in [1.807, 2.05) is 0 Å². The normalized spacial score (nSPS) is 14.9. The Balaban J connectivity index is 4.73. The molecule has 3 N–H and O–H groups in total. The predicted octanol–water partition coefficient (Wildman–Crippen LogP) is 6.19. The van der Waals surface area contributed by atoms with Gasteiger partial charge < -0.3 is 19.7 Å². The fourth-order valence-electron chi connectivity index (χ4n) is 4.55. The molecule has 0 aliphatic heterocycles. The van der Waals surface area contributed by atoms with Crippen molar-refractivity contribution in [1.29, 1.82) is 0 Å². The van der Waals surface area contributed by atoms with Gasteiger partial charge in [0, 0.05) is 0 Å². The van der Waals surface area contributed by atoms with Gasteiger partial charge in [-0.3, -0.25) is 4.55 Å². The third kappa shape index (κ3) is 12.1. The molecule has 0 amide bonds. The largest absolute Gasteiger partial charge is 0.479 e. The quantitative estimate of drug-likeness (QED) is 0.0484. The maximum atomic E-state index is 12.6. The molecule has 0 saturated heterocycles. The SMILES string of the molecule is C=CCOC(CCCCCCCCCCCCCCCCCC)(C(=O)O)C(O)(C(=O)OCCC)S(=O)(=O)O. The van der Waals surface area contributed by atoms with E-state index in [0.29, 0.717) is 12.8 Å². The Hall–Kier alpha value is -1.49. The van der Waals surface area contributed by atoms with E-state index in [4.69, 9.17) is 9.47 Å². The monoisotopic (exact) mass is 564 g/mol. The molecule has 0 fully saturated rings. The summed E-state index contributed by atoms with van der Waals surface area (Å²) in [4.78, 5) is 21.0. The number of ether oxygens (including phenoxy) is 2. The van der Waals surface area contributed by atoms with Gasteiger partial charge in [0.2, 0.25) is 5.60 Å². The number of hydrogen-bond acceptors (Lipinski definition) is 7. The molecule has 10 heteroatoms. The van der Waals surface area contributed by atoms with E-state index in [0.717, 1.165) is 31.8 Å². The summed E-state index contributed by atoms with van der Waals surface area (Å²) in [6, 6.07) is 0. The summed E-state index contributed by atoms with van der Waals surface area (Å²) in [7, 11) is -5.66. The molecule has 0 bridgehead atoms. The van der Waals surface area contributed by atoms with Crippen molar-refractivity contribution in [2.24, 2.45) is 0 Å². The summed E-state index contributed by atoms with van der Waals surface area (Å²) in [5.41, 5.74) is -2.96. The highest BCUT2D eigenvalue weighted by Gasteiger charge is 2.70. The Bertz CT molecular complexity index is 768. The van der Waals surface area contributed by atoms with Crippen LogP contribution in [0.5, 0.6) is 0 Å². The van der Waals surface area contributed by atoms with E-state index < -0.39 is 45.6 Å². The second-order valence-electron chi connectivity index (χ2n) is 10.0. The van der Waals surface area contributed by atoms with Crippen molar-refractivity contribution < 1.29 is 42.2 Å². The highest BCUT2D eigenvalue weighted by Crippen LogP contribution is 2.38. The summed E-state index contributed by atoms with van der Waals surface area (Å²) < 4.78 is 44.1. The number of aliphatic carboxylic acids is 1. The van der Waals surface area contributed by atoms with Crippen LogP contribution in [0.15, 0.2) is 12.7 Å². The minimum atomic E-state index is -5.66. The first kappa shape index (κ1) is 36.5. The summed E-state index contributed by atoms with van der Waals surface area (Å²) in [5.74, 6) is -3.68. The number of hydrogen-bond donors (Lipinski definition) is 3. The van der Waals surface area contributed by atoms with E-state index in [9.17, 15) is 32.8 Å². The number of rotatable bonds is 26. The van der Waals surface area contributed by atoms with E-state index >= 15 is 0 Å². The van der Waals surface area contributed by atoms with Crippen molar-refractivity contribution in [3.63, 3.8) is 0 Å². The van der Waals surface area contributed by atoms with Crippen LogP contribution in [0, 0.1) is 0 Å². The molecule has 0 aliphatic rings. The molecule has 0 aromatic carbocycles. The zero-order valence-electron chi connectivity index (χ0n) is 23.6. The Kier molecular flexibility index (Phi) is 19.6. The summed E-state index contributed by atoms with van der Waals surface area (Å²) >= 11 is 0. The number of aliphatic hydroxyl groups is 1. The van der Waals surface area contributed by atoms with Gasteiger partial charge in [0.05, 0.1) is 13.2 Å². The molecule has 2 unspecified atom stereocenters. The van der Waals surface area contributed by atoms with Gasteiger partial charge in [-0.2, -0.15) is 8.42 Å². The smallest absolute Gasteiger partial charge is 0.360 e. The van der Waals surface area contributed by atoms with Crippen LogP contribution in [0.25, 0.3) is 0 Å². The molecule has 0 saturated carbocycles. The van der Waals surface area contributed by atoms with Crippen LogP contribution in [0.4, 0.5) is 0 Å². The molecule has 2 atom stereocenters. The first-order valence-electron chi connectivity index (χ1n) is 14.4. The first-order valence-corrected chi connectivity index (χ1v) is 15.8. The lowest BCUT2D eigenvalue weighted by atomic mass is 9.88. The van der Waals surface area contributed by atoms with Crippen molar-refractivity contribution in [3.05, 3.63) is 12.7 Å². The zero-order valence-corrected chi connectivity index (χ0v) is 24.4. The number of carboxylic acid groups (broad SMARTS) is 1. The highest BCUT2D eigenvalue weighted by atomic mass is 32.2. The van der Waals surface area contributed by atoms with Crippen LogP contribution in [-0.2, 0) is 29.2 Å². The standard InChI is InChI=1S/C28H52O9S/c1-4-7-8-9-10-11-12-13-14-15-16-17-18-19-20-21-22-27(25(29)30,37-24-6-3)28(32,38(33,34)35)26(31)36-23-5-2/h6,32H,3-5,7-24H2,1-2H3,(H,29,30)(H,33,34,35). The van der Waals surface area contributed by atoms with E-state index in [-0.39, 0.29) is 13.0 Å². The highest BCUT2D eigenvalue weighted by molar-refractivity contribution is 7.88. The third-order valence-electron chi connectivity index (χ3n) is 6.81. The molecule has 0 aromatic heterocycles. The Labute approximate surface area is 230 Å². The van der Waals surface area contributed by atoms with Crippen molar-refractivity contribution in [2.45, 2.75) is 140 Å². The van der Waals surface area contributed by atoms with Crippen LogP contribution >= 0.6 is 0 Å². The fraction of sp³-hybridized carbons (Fsp3) is 0.857. The van der Waals surface area contributed by atoms with Gasteiger partial charge in [-0.05, 0) is 19.3 Å². The first-order chi connectivity index (χ1) is 18.0. The van der Waals surface area contributed by atoms with Gasteiger partial charge in [0.15, 0.2) is 0 Å².